The molecular weight excluding hydrogens is 310 g/mol. The molecule has 2 rings (SSSR count). The number of nitrogens with zero attached hydrogens (tertiary/aromatic N) is 5. The van der Waals surface area contributed by atoms with Gasteiger partial charge in [0.25, 0.3) is 5.56 Å². The van der Waals surface area contributed by atoms with Gasteiger partial charge in [0.15, 0.2) is 5.69 Å². The predicted octanol–water partition coefficient (Wildman–Crippen LogP) is 3.49. The first kappa shape index (κ1) is 17.4. The van der Waals surface area contributed by atoms with Gasteiger partial charge in [-0.15, -0.1) is 10.2 Å². The molecule has 0 saturated carbocycles. The van der Waals surface area contributed by atoms with Gasteiger partial charge in [-0.2, -0.15) is 5.26 Å². The normalized spacial score (nSPS) is 11.8. The Morgan fingerprint density at radius 3 is 2.54 bits per heavy atom. The largest absolute Gasteiger partial charge is 0.493 e. The van der Waals surface area contributed by atoms with Crippen molar-refractivity contribution in [2.24, 2.45) is 15.6 Å². The van der Waals surface area contributed by atoms with Crippen molar-refractivity contribution in [3.05, 3.63) is 33.3 Å². The van der Waals surface area contributed by atoms with E-state index in [2.05, 4.69) is 15.4 Å². The summed E-state index contributed by atoms with van der Waals surface area (Å²) in [5.41, 5.74) is -0.517. The molecule has 126 valence electrons. The number of aromatic hydroxyl groups is 1. The van der Waals surface area contributed by atoms with Crippen molar-refractivity contribution in [2.45, 2.75) is 41.2 Å². The molecule has 0 fully saturated rings. The Kier molecular flexibility index (Phi) is 4.55. The van der Waals surface area contributed by atoms with Crippen LogP contribution in [0.5, 0.6) is 5.88 Å². The molecule has 0 aliphatic heterocycles. The fourth-order valence-corrected chi connectivity index (χ4v) is 2.18. The Labute approximate surface area is 139 Å². The van der Waals surface area contributed by atoms with Crippen LogP contribution in [0.25, 0.3) is 0 Å². The van der Waals surface area contributed by atoms with E-state index in [1.807, 2.05) is 26.8 Å². The minimum Gasteiger partial charge on any atom is -0.493 e. The van der Waals surface area contributed by atoms with Crippen LogP contribution in [0.4, 0.5) is 11.5 Å². The summed E-state index contributed by atoms with van der Waals surface area (Å²) < 4.78 is 6.03. The minimum absolute atomic E-state index is 0.00383. The third kappa shape index (κ3) is 3.51. The molecule has 8 nitrogen and oxygen atoms in total. The van der Waals surface area contributed by atoms with Crippen molar-refractivity contribution in [3.63, 3.8) is 0 Å². The zero-order valence-corrected chi connectivity index (χ0v) is 14.3. The van der Waals surface area contributed by atoms with Gasteiger partial charge in [-0.1, -0.05) is 25.9 Å². The zero-order chi connectivity index (χ0) is 18.1. The summed E-state index contributed by atoms with van der Waals surface area (Å²) >= 11 is 0. The summed E-state index contributed by atoms with van der Waals surface area (Å²) in [5.74, 6) is 0.431. The van der Waals surface area contributed by atoms with Crippen molar-refractivity contribution in [1.29, 1.82) is 5.26 Å². The van der Waals surface area contributed by atoms with E-state index in [0.29, 0.717) is 5.76 Å². The van der Waals surface area contributed by atoms with Gasteiger partial charge in [0.05, 0.1) is 0 Å². The molecule has 2 aromatic heterocycles. The summed E-state index contributed by atoms with van der Waals surface area (Å²) in [6, 6.07) is 3.48. The average Bonchev–Trinajstić information content (AvgIpc) is 2.89. The van der Waals surface area contributed by atoms with E-state index in [1.165, 1.54) is 0 Å². The number of nitriles is 1. The van der Waals surface area contributed by atoms with Crippen LogP contribution in [0.2, 0.25) is 0 Å². The van der Waals surface area contributed by atoms with Crippen molar-refractivity contribution in [3.8, 4) is 11.9 Å². The highest BCUT2D eigenvalue weighted by atomic mass is 16.5. The number of azo groups is 1. The second-order valence-electron chi connectivity index (χ2n) is 6.73. The molecule has 0 aliphatic carbocycles. The Morgan fingerprint density at radius 1 is 1.38 bits per heavy atom. The minimum atomic E-state index is -0.511. The van der Waals surface area contributed by atoms with E-state index in [0.717, 1.165) is 4.57 Å². The summed E-state index contributed by atoms with van der Waals surface area (Å²) in [7, 11) is 0. The molecule has 2 heterocycles. The molecule has 0 atom stereocenters. The summed E-state index contributed by atoms with van der Waals surface area (Å²) in [6.45, 7) is 9.25. The Hall–Kier alpha value is -2.95. The fraction of sp³-hybridized carbons (Fsp3) is 0.438. The van der Waals surface area contributed by atoms with Crippen molar-refractivity contribution in [2.75, 3.05) is 0 Å². The number of aromatic nitrogens is 2. The van der Waals surface area contributed by atoms with E-state index in [9.17, 15) is 15.2 Å². The van der Waals surface area contributed by atoms with E-state index >= 15 is 0 Å². The molecule has 0 aliphatic rings. The van der Waals surface area contributed by atoms with Crippen LogP contribution >= 0.6 is 0 Å². The van der Waals surface area contributed by atoms with Gasteiger partial charge in [0, 0.05) is 18.2 Å². The van der Waals surface area contributed by atoms with Crippen molar-refractivity contribution >= 4 is 11.5 Å². The van der Waals surface area contributed by atoms with Gasteiger partial charge < -0.3 is 9.63 Å². The molecule has 0 bridgehead atoms. The second kappa shape index (κ2) is 6.28. The molecule has 0 spiro atoms. The standard InChI is InChI=1S/C16H19N5O3/c1-9-6-12(20-24-9)18-19-13-10(2)11(7-17)14(22)21(15(13)23)8-16(3,4)5/h6,22H,8H2,1-5H3. The molecular formula is C16H19N5O3. The van der Waals surface area contributed by atoms with Crippen molar-refractivity contribution in [1.82, 2.24) is 9.72 Å². The number of hydrogen-bond acceptors (Lipinski definition) is 7. The smallest absolute Gasteiger partial charge is 0.281 e. The lowest BCUT2D eigenvalue weighted by atomic mass is 9.96. The number of rotatable bonds is 3. The highest BCUT2D eigenvalue weighted by Gasteiger charge is 2.22. The summed E-state index contributed by atoms with van der Waals surface area (Å²) in [4.78, 5) is 12.7. The fourth-order valence-electron chi connectivity index (χ4n) is 2.18. The van der Waals surface area contributed by atoms with Crippen LogP contribution in [0.1, 0.15) is 37.7 Å². The third-order valence-electron chi connectivity index (χ3n) is 3.27. The van der Waals surface area contributed by atoms with Crippen LogP contribution < -0.4 is 5.56 Å². The first-order valence-corrected chi connectivity index (χ1v) is 7.35. The van der Waals surface area contributed by atoms with Crippen LogP contribution in [0.15, 0.2) is 25.6 Å². The topological polar surface area (TPSA) is 117 Å². The third-order valence-corrected chi connectivity index (χ3v) is 3.27. The second-order valence-corrected chi connectivity index (χ2v) is 6.73. The SMILES string of the molecule is Cc1cc(N=Nc2c(C)c(C#N)c(O)n(CC(C)(C)C)c2=O)no1. The molecule has 2 aromatic rings. The summed E-state index contributed by atoms with van der Waals surface area (Å²) in [6.07, 6.45) is 0. The molecule has 24 heavy (non-hydrogen) atoms. The summed E-state index contributed by atoms with van der Waals surface area (Å²) in [5, 5.41) is 31.1. The maximum Gasteiger partial charge on any atom is 0.281 e. The molecule has 0 aromatic carbocycles. The van der Waals surface area contributed by atoms with E-state index < -0.39 is 5.56 Å². The Bertz CT molecular complexity index is 894. The van der Waals surface area contributed by atoms with Gasteiger partial charge in [0.2, 0.25) is 11.7 Å². The number of aryl methyl sites for hydroxylation is 1. The van der Waals surface area contributed by atoms with Crippen molar-refractivity contribution < 1.29 is 9.63 Å². The monoisotopic (exact) mass is 329 g/mol. The number of hydrogen-bond donors (Lipinski definition) is 1. The van der Waals surface area contributed by atoms with Crippen LogP contribution in [0, 0.1) is 30.6 Å². The molecule has 0 radical (unpaired) electrons. The van der Waals surface area contributed by atoms with Gasteiger partial charge in [-0.3, -0.25) is 9.36 Å². The van der Waals surface area contributed by atoms with Crippen LogP contribution in [0.3, 0.4) is 0 Å². The lowest BCUT2D eigenvalue weighted by Crippen LogP contribution is -2.27. The van der Waals surface area contributed by atoms with E-state index in [4.69, 9.17) is 4.52 Å². The van der Waals surface area contributed by atoms with Gasteiger partial charge in [0.1, 0.15) is 17.4 Å². The van der Waals surface area contributed by atoms with E-state index in [-0.39, 0.29) is 40.5 Å². The lowest BCUT2D eigenvalue weighted by molar-refractivity contribution is 0.304. The van der Waals surface area contributed by atoms with Crippen LogP contribution in [-0.2, 0) is 6.54 Å². The molecule has 0 amide bonds. The quantitative estimate of drug-likeness (QED) is 0.865. The average molecular weight is 329 g/mol. The molecule has 0 unspecified atom stereocenters. The van der Waals surface area contributed by atoms with Gasteiger partial charge in [-0.05, 0) is 19.3 Å². The first-order chi connectivity index (χ1) is 11.1. The first-order valence-electron chi connectivity index (χ1n) is 7.35. The maximum atomic E-state index is 12.7. The lowest BCUT2D eigenvalue weighted by Gasteiger charge is -2.21. The zero-order valence-electron chi connectivity index (χ0n) is 14.3. The van der Waals surface area contributed by atoms with Gasteiger partial charge >= 0.3 is 0 Å². The van der Waals surface area contributed by atoms with Crippen LogP contribution in [-0.4, -0.2) is 14.8 Å². The molecule has 8 heteroatoms. The van der Waals surface area contributed by atoms with E-state index in [1.54, 1.807) is 19.9 Å². The molecule has 0 saturated heterocycles. The Morgan fingerprint density at radius 2 is 2.04 bits per heavy atom. The maximum absolute atomic E-state index is 12.7. The highest BCUT2D eigenvalue weighted by molar-refractivity contribution is 5.56. The van der Waals surface area contributed by atoms with Gasteiger partial charge in [-0.25, -0.2) is 0 Å². The Balaban J connectivity index is 2.63. The molecule has 1 N–H and O–H groups in total. The number of pyridine rings is 1. The predicted molar refractivity (Wildman–Crippen MR) is 86.7 cm³/mol. The highest BCUT2D eigenvalue weighted by Crippen LogP contribution is 2.28.